The van der Waals surface area contributed by atoms with Crippen LogP contribution in [0.2, 0.25) is 0 Å². The molecule has 27 heavy (non-hydrogen) atoms. The van der Waals surface area contributed by atoms with Gasteiger partial charge in [0.05, 0.1) is 11.4 Å². The van der Waals surface area contributed by atoms with Gasteiger partial charge in [-0.05, 0) is 30.2 Å². The Hall–Kier alpha value is -3.35. The molecule has 0 saturated carbocycles. The average molecular weight is 369 g/mol. The van der Waals surface area contributed by atoms with E-state index in [0.29, 0.717) is 11.8 Å². The molecule has 138 valence electrons. The summed E-state index contributed by atoms with van der Waals surface area (Å²) in [6, 6.07) is 13.4. The second kappa shape index (κ2) is 7.90. The predicted octanol–water partition coefficient (Wildman–Crippen LogP) is 3.39. The third kappa shape index (κ3) is 4.44. The summed E-state index contributed by atoms with van der Waals surface area (Å²) < 4.78 is 27.6. The van der Waals surface area contributed by atoms with Crippen LogP contribution in [0.1, 0.15) is 12.5 Å². The van der Waals surface area contributed by atoms with Crippen LogP contribution in [-0.4, -0.2) is 15.7 Å². The summed E-state index contributed by atoms with van der Waals surface area (Å²) in [5.74, 6) is -2.29. The van der Waals surface area contributed by atoms with E-state index in [2.05, 4.69) is 17.3 Å². The number of carbonyl (C=O) groups excluding carboxylic acids is 1. The molecule has 0 aliphatic heterocycles. The fourth-order valence-electron chi connectivity index (χ4n) is 2.54. The van der Waals surface area contributed by atoms with Gasteiger partial charge in [-0.2, -0.15) is 5.10 Å². The van der Waals surface area contributed by atoms with E-state index in [-0.39, 0.29) is 5.69 Å². The monoisotopic (exact) mass is 369 g/mol. The van der Waals surface area contributed by atoms with Gasteiger partial charge in [0.1, 0.15) is 18.2 Å². The Labute approximate surface area is 154 Å². The fourth-order valence-corrected chi connectivity index (χ4v) is 2.54. The summed E-state index contributed by atoms with van der Waals surface area (Å²) in [6.45, 7) is 1.66. The molecular weight excluding hydrogens is 352 g/mol. The maximum atomic E-state index is 13.6. The van der Waals surface area contributed by atoms with Gasteiger partial charge in [-0.15, -0.1) is 0 Å². The summed E-state index contributed by atoms with van der Waals surface area (Å²) in [5, 5.41) is 6.51. The van der Waals surface area contributed by atoms with Gasteiger partial charge in [0.25, 0.3) is 5.56 Å². The van der Waals surface area contributed by atoms with E-state index in [9.17, 15) is 18.4 Å². The zero-order valence-corrected chi connectivity index (χ0v) is 14.6. The van der Waals surface area contributed by atoms with Crippen molar-refractivity contribution >= 4 is 11.6 Å². The van der Waals surface area contributed by atoms with E-state index in [0.717, 1.165) is 28.8 Å². The molecule has 0 saturated heterocycles. The average Bonchev–Trinajstić information content (AvgIpc) is 2.66. The van der Waals surface area contributed by atoms with Crippen molar-refractivity contribution in [1.82, 2.24) is 9.78 Å². The summed E-state index contributed by atoms with van der Waals surface area (Å²) >= 11 is 0. The molecule has 0 fully saturated rings. The van der Waals surface area contributed by atoms with Gasteiger partial charge in [-0.1, -0.05) is 31.2 Å². The molecule has 0 radical (unpaired) electrons. The summed E-state index contributed by atoms with van der Waals surface area (Å²) in [5.41, 5.74) is 1.90. The van der Waals surface area contributed by atoms with Crippen molar-refractivity contribution in [1.29, 1.82) is 0 Å². The SMILES string of the molecule is CCc1ccc(-c2ccc(=O)n(CC(=O)Nc3ccc(F)cc3F)n2)cc1. The number of hydrogen-bond acceptors (Lipinski definition) is 3. The lowest BCUT2D eigenvalue weighted by atomic mass is 10.1. The van der Waals surface area contributed by atoms with Crippen molar-refractivity contribution in [3.05, 3.63) is 82.1 Å². The van der Waals surface area contributed by atoms with Gasteiger partial charge in [-0.25, -0.2) is 13.5 Å². The van der Waals surface area contributed by atoms with Crippen LogP contribution in [0.4, 0.5) is 14.5 Å². The predicted molar refractivity (Wildman–Crippen MR) is 98.3 cm³/mol. The highest BCUT2D eigenvalue weighted by atomic mass is 19.1. The molecule has 1 aromatic heterocycles. The van der Waals surface area contributed by atoms with E-state index >= 15 is 0 Å². The fraction of sp³-hybridized carbons (Fsp3) is 0.150. The summed E-state index contributed by atoms with van der Waals surface area (Å²) in [6.07, 6.45) is 0.910. The number of hydrogen-bond donors (Lipinski definition) is 1. The molecule has 0 bridgehead atoms. The smallest absolute Gasteiger partial charge is 0.267 e. The number of halogens is 2. The van der Waals surface area contributed by atoms with E-state index in [1.54, 1.807) is 6.07 Å². The van der Waals surface area contributed by atoms with Crippen molar-refractivity contribution < 1.29 is 13.6 Å². The second-order valence-corrected chi connectivity index (χ2v) is 5.94. The number of carbonyl (C=O) groups is 1. The molecule has 3 aromatic rings. The van der Waals surface area contributed by atoms with Crippen molar-refractivity contribution in [3.63, 3.8) is 0 Å². The molecule has 0 unspecified atom stereocenters. The summed E-state index contributed by atoms with van der Waals surface area (Å²) in [7, 11) is 0. The number of nitrogens with zero attached hydrogens (tertiary/aromatic N) is 2. The Bertz CT molecular complexity index is 1030. The van der Waals surface area contributed by atoms with Gasteiger partial charge in [0, 0.05) is 17.7 Å². The lowest BCUT2D eigenvalue weighted by Gasteiger charge is -2.09. The molecule has 1 N–H and O–H groups in total. The molecule has 0 aliphatic rings. The molecule has 0 atom stereocenters. The van der Waals surface area contributed by atoms with Crippen LogP contribution in [0.25, 0.3) is 11.3 Å². The maximum absolute atomic E-state index is 13.6. The molecular formula is C20H17F2N3O2. The Balaban J connectivity index is 1.79. The number of anilines is 1. The largest absolute Gasteiger partial charge is 0.322 e. The van der Waals surface area contributed by atoms with E-state index < -0.39 is 29.6 Å². The first kappa shape index (κ1) is 18.4. The second-order valence-electron chi connectivity index (χ2n) is 5.94. The minimum atomic E-state index is -0.895. The first-order valence-electron chi connectivity index (χ1n) is 8.38. The Morgan fingerprint density at radius 2 is 1.81 bits per heavy atom. The quantitative estimate of drug-likeness (QED) is 0.750. The minimum absolute atomic E-state index is 0.166. The molecule has 2 aromatic carbocycles. The molecule has 3 rings (SSSR count). The van der Waals surface area contributed by atoms with Gasteiger partial charge in [0.15, 0.2) is 0 Å². The number of rotatable bonds is 5. The highest BCUT2D eigenvalue weighted by Crippen LogP contribution is 2.17. The van der Waals surface area contributed by atoms with Gasteiger partial charge in [0.2, 0.25) is 5.91 Å². The zero-order valence-electron chi connectivity index (χ0n) is 14.6. The number of nitrogens with one attached hydrogen (secondary N) is 1. The highest BCUT2D eigenvalue weighted by Gasteiger charge is 2.11. The number of amides is 1. The lowest BCUT2D eigenvalue weighted by molar-refractivity contribution is -0.117. The zero-order chi connectivity index (χ0) is 19.4. The van der Waals surface area contributed by atoms with Crippen molar-refractivity contribution in [3.8, 4) is 11.3 Å². The van der Waals surface area contributed by atoms with E-state index in [1.807, 2.05) is 24.3 Å². The first-order valence-corrected chi connectivity index (χ1v) is 8.38. The van der Waals surface area contributed by atoms with Crippen LogP contribution in [0.15, 0.2) is 59.4 Å². The van der Waals surface area contributed by atoms with Crippen LogP contribution >= 0.6 is 0 Å². The standard InChI is InChI=1S/C20H17F2N3O2/c1-2-13-3-5-14(6-4-13)17-9-10-20(27)25(24-17)12-19(26)23-18-8-7-15(21)11-16(18)22/h3-11H,2,12H2,1H3,(H,23,26). The van der Waals surface area contributed by atoms with Crippen LogP contribution < -0.4 is 10.9 Å². The molecule has 7 heteroatoms. The van der Waals surface area contributed by atoms with Crippen LogP contribution in [0.3, 0.4) is 0 Å². The van der Waals surface area contributed by atoms with Crippen molar-refractivity contribution in [2.24, 2.45) is 0 Å². The third-order valence-electron chi connectivity index (χ3n) is 4.02. The molecule has 1 amide bonds. The minimum Gasteiger partial charge on any atom is -0.322 e. The Morgan fingerprint density at radius 1 is 1.07 bits per heavy atom. The first-order chi connectivity index (χ1) is 13.0. The Morgan fingerprint density at radius 3 is 2.48 bits per heavy atom. The maximum Gasteiger partial charge on any atom is 0.267 e. The van der Waals surface area contributed by atoms with Gasteiger partial charge in [-0.3, -0.25) is 9.59 Å². The lowest BCUT2D eigenvalue weighted by Crippen LogP contribution is -2.29. The topological polar surface area (TPSA) is 64.0 Å². The molecule has 0 spiro atoms. The highest BCUT2D eigenvalue weighted by molar-refractivity contribution is 5.90. The number of benzene rings is 2. The number of aryl methyl sites for hydroxylation is 1. The van der Waals surface area contributed by atoms with Gasteiger partial charge >= 0.3 is 0 Å². The summed E-state index contributed by atoms with van der Waals surface area (Å²) in [4.78, 5) is 24.1. The van der Waals surface area contributed by atoms with Crippen LogP contribution in [-0.2, 0) is 17.8 Å². The molecule has 0 aliphatic carbocycles. The van der Waals surface area contributed by atoms with Crippen LogP contribution in [0, 0.1) is 11.6 Å². The van der Waals surface area contributed by atoms with Crippen molar-refractivity contribution in [2.75, 3.05) is 5.32 Å². The van der Waals surface area contributed by atoms with E-state index in [1.165, 1.54) is 11.6 Å². The molecule has 1 heterocycles. The number of aromatic nitrogens is 2. The van der Waals surface area contributed by atoms with Crippen molar-refractivity contribution in [2.45, 2.75) is 19.9 Å². The van der Waals surface area contributed by atoms with Crippen LogP contribution in [0.5, 0.6) is 0 Å². The van der Waals surface area contributed by atoms with E-state index in [4.69, 9.17) is 0 Å². The van der Waals surface area contributed by atoms with Gasteiger partial charge < -0.3 is 5.32 Å². The third-order valence-corrected chi connectivity index (χ3v) is 4.02. The Kier molecular flexibility index (Phi) is 5.40. The molecule has 5 nitrogen and oxygen atoms in total. The normalized spacial score (nSPS) is 10.6.